The van der Waals surface area contributed by atoms with Gasteiger partial charge in [0.25, 0.3) is 0 Å². The Morgan fingerprint density at radius 2 is 2.18 bits per heavy atom. The molecule has 11 heavy (non-hydrogen) atoms. The molecule has 4 heteroatoms. The van der Waals surface area contributed by atoms with Gasteiger partial charge in [-0.25, -0.2) is 9.68 Å². The number of hydrogen-bond donors (Lipinski definition) is 1. The molecule has 0 aliphatic heterocycles. The minimum absolute atomic E-state index is 0.00271. The van der Waals surface area contributed by atoms with E-state index in [1.165, 1.54) is 0 Å². The highest BCUT2D eigenvalue weighted by atomic mass is 17.1. The van der Waals surface area contributed by atoms with Gasteiger partial charge in [-0.05, 0) is 13.8 Å². The first-order valence-corrected chi connectivity index (χ1v) is 3.28. The zero-order valence-corrected chi connectivity index (χ0v) is 6.66. The molecule has 0 aromatic carbocycles. The fourth-order valence-electron chi connectivity index (χ4n) is 0.403. The standard InChI is InChI=1S/C7H12O4/c1-3-6(2)7(8)10-4-5-11-9/h3,9H,4-5H2,1-2H3. The molecule has 0 saturated heterocycles. The Hall–Kier alpha value is -0.870. The van der Waals surface area contributed by atoms with E-state index >= 15 is 0 Å². The van der Waals surface area contributed by atoms with Crippen molar-refractivity contribution in [1.29, 1.82) is 0 Å². The van der Waals surface area contributed by atoms with Gasteiger partial charge >= 0.3 is 5.97 Å². The molecule has 0 unspecified atom stereocenters. The van der Waals surface area contributed by atoms with E-state index in [0.29, 0.717) is 5.57 Å². The van der Waals surface area contributed by atoms with Crippen LogP contribution in [0.3, 0.4) is 0 Å². The first-order valence-electron chi connectivity index (χ1n) is 3.28. The number of carbonyl (C=O) groups excluding carboxylic acids is 1. The van der Waals surface area contributed by atoms with Crippen LogP contribution in [-0.2, 0) is 14.4 Å². The van der Waals surface area contributed by atoms with Crippen molar-refractivity contribution in [3.8, 4) is 0 Å². The lowest BCUT2D eigenvalue weighted by Gasteiger charge is -2.01. The predicted octanol–water partition coefficient (Wildman–Crippen LogP) is 0.985. The number of esters is 1. The molecule has 0 amide bonds. The third kappa shape index (κ3) is 4.52. The molecule has 64 valence electrons. The summed E-state index contributed by atoms with van der Waals surface area (Å²) in [5.74, 6) is -0.385. The lowest BCUT2D eigenvalue weighted by Crippen LogP contribution is -2.10. The fourth-order valence-corrected chi connectivity index (χ4v) is 0.403. The molecule has 0 aliphatic carbocycles. The van der Waals surface area contributed by atoms with Gasteiger partial charge < -0.3 is 4.74 Å². The predicted molar refractivity (Wildman–Crippen MR) is 39.0 cm³/mol. The summed E-state index contributed by atoms with van der Waals surface area (Å²) < 4.78 is 4.64. The van der Waals surface area contributed by atoms with Gasteiger partial charge in [0.2, 0.25) is 0 Å². The molecule has 0 spiro atoms. The van der Waals surface area contributed by atoms with Gasteiger partial charge in [0.05, 0.1) is 0 Å². The van der Waals surface area contributed by atoms with Gasteiger partial charge in [-0.2, -0.15) is 0 Å². The quantitative estimate of drug-likeness (QED) is 0.219. The maximum Gasteiger partial charge on any atom is 0.333 e. The van der Waals surface area contributed by atoms with Crippen LogP contribution in [0, 0.1) is 0 Å². The van der Waals surface area contributed by atoms with Crippen molar-refractivity contribution in [2.45, 2.75) is 13.8 Å². The lowest BCUT2D eigenvalue weighted by atomic mass is 10.3. The number of carbonyl (C=O) groups is 1. The van der Waals surface area contributed by atoms with E-state index in [0.717, 1.165) is 0 Å². The van der Waals surface area contributed by atoms with Crippen molar-refractivity contribution in [1.82, 2.24) is 0 Å². The summed E-state index contributed by atoms with van der Waals surface area (Å²) in [5, 5.41) is 7.87. The van der Waals surface area contributed by atoms with Crippen molar-refractivity contribution in [3.05, 3.63) is 11.6 Å². The summed E-state index contributed by atoms with van der Waals surface area (Å²) in [4.78, 5) is 14.5. The van der Waals surface area contributed by atoms with Crippen molar-refractivity contribution >= 4 is 5.97 Å². The van der Waals surface area contributed by atoms with Crippen LogP contribution in [0.15, 0.2) is 11.6 Å². The molecule has 4 nitrogen and oxygen atoms in total. The fraction of sp³-hybridized carbons (Fsp3) is 0.571. The Morgan fingerprint density at radius 3 is 2.64 bits per heavy atom. The lowest BCUT2D eigenvalue weighted by molar-refractivity contribution is -0.248. The van der Waals surface area contributed by atoms with Gasteiger partial charge in [-0.3, -0.25) is 5.26 Å². The molecule has 0 bridgehead atoms. The van der Waals surface area contributed by atoms with E-state index in [4.69, 9.17) is 5.26 Å². The van der Waals surface area contributed by atoms with Gasteiger partial charge in [0.1, 0.15) is 13.2 Å². The Kier molecular flexibility index (Phi) is 5.42. The monoisotopic (exact) mass is 160 g/mol. The van der Waals surface area contributed by atoms with Crippen LogP contribution in [0.4, 0.5) is 0 Å². The van der Waals surface area contributed by atoms with Gasteiger partial charge in [0, 0.05) is 5.57 Å². The van der Waals surface area contributed by atoms with Gasteiger partial charge in [0.15, 0.2) is 0 Å². The minimum atomic E-state index is -0.385. The van der Waals surface area contributed by atoms with Crippen molar-refractivity contribution in [2.75, 3.05) is 13.2 Å². The van der Waals surface area contributed by atoms with Crippen molar-refractivity contribution < 1.29 is 19.7 Å². The number of hydrogen-bond acceptors (Lipinski definition) is 4. The van der Waals surface area contributed by atoms with E-state index in [9.17, 15) is 4.79 Å². The molecule has 0 aromatic rings. The highest BCUT2D eigenvalue weighted by molar-refractivity contribution is 5.87. The van der Waals surface area contributed by atoms with Gasteiger partial charge in [-0.1, -0.05) is 6.08 Å². The molecule has 0 radical (unpaired) electrons. The van der Waals surface area contributed by atoms with E-state index in [2.05, 4.69) is 9.62 Å². The third-order valence-electron chi connectivity index (χ3n) is 1.16. The Morgan fingerprint density at radius 1 is 1.55 bits per heavy atom. The number of rotatable bonds is 4. The molecule has 0 saturated carbocycles. The highest BCUT2D eigenvalue weighted by Gasteiger charge is 2.02. The number of ether oxygens (including phenoxy) is 1. The van der Waals surface area contributed by atoms with Crippen LogP contribution in [0.2, 0.25) is 0 Å². The zero-order valence-electron chi connectivity index (χ0n) is 6.66. The normalized spacial score (nSPS) is 11.4. The second-order valence-electron chi connectivity index (χ2n) is 1.94. The summed E-state index contributed by atoms with van der Waals surface area (Å²) in [6.07, 6.45) is 1.65. The molecule has 0 aliphatic rings. The first-order chi connectivity index (χ1) is 5.22. The molecule has 0 atom stereocenters. The number of allylic oxidation sites excluding steroid dienone is 1. The summed E-state index contributed by atoms with van der Waals surface area (Å²) in [6, 6.07) is 0. The van der Waals surface area contributed by atoms with E-state index in [-0.39, 0.29) is 19.2 Å². The Balaban J connectivity index is 3.53. The highest BCUT2D eigenvalue weighted by Crippen LogP contribution is 1.94. The molecule has 1 N–H and O–H groups in total. The van der Waals surface area contributed by atoms with E-state index in [1.54, 1.807) is 19.9 Å². The maximum atomic E-state index is 10.8. The van der Waals surface area contributed by atoms with Crippen molar-refractivity contribution in [2.24, 2.45) is 0 Å². The average molecular weight is 160 g/mol. The summed E-state index contributed by atoms with van der Waals surface area (Å²) in [6.45, 7) is 3.48. The largest absolute Gasteiger partial charge is 0.460 e. The summed E-state index contributed by atoms with van der Waals surface area (Å²) >= 11 is 0. The van der Waals surface area contributed by atoms with Crippen molar-refractivity contribution in [3.63, 3.8) is 0 Å². The minimum Gasteiger partial charge on any atom is -0.460 e. The van der Waals surface area contributed by atoms with E-state index in [1.807, 2.05) is 0 Å². The Labute approximate surface area is 65.4 Å². The third-order valence-corrected chi connectivity index (χ3v) is 1.16. The smallest absolute Gasteiger partial charge is 0.333 e. The topological polar surface area (TPSA) is 55.8 Å². The summed E-state index contributed by atoms with van der Waals surface area (Å²) in [5.41, 5.74) is 0.544. The molecular formula is C7H12O4. The molecule has 0 aromatic heterocycles. The second-order valence-corrected chi connectivity index (χ2v) is 1.94. The van der Waals surface area contributed by atoms with Crippen LogP contribution in [0.5, 0.6) is 0 Å². The molecule has 0 fully saturated rings. The molecular weight excluding hydrogens is 148 g/mol. The first kappa shape index (κ1) is 10.1. The van der Waals surface area contributed by atoms with Crippen LogP contribution < -0.4 is 0 Å². The van der Waals surface area contributed by atoms with Gasteiger partial charge in [-0.15, -0.1) is 0 Å². The second kappa shape index (κ2) is 5.88. The van der Waals surface area contributed by atoms with Crippen LogP contribution in [0.1, 0.15) is 13.8 Å². The van der Waals surface area contributed by atoms with Crippen LogP contribution >= 0.6 is 0 Å². The average Bonchev–Trinajstić information content (AvgIpc) is 2.03. The Bertz CT molecular complexity index is 151. The van der Waals surface area contributed by atoms with Crippen LogP contribution in [0.25, 0.3) is 0 Å². The maximum absolute atomic E-state index is 10.8. The SMILES string of the molecule is CC=C(C)C(=O)OCCOO. The van der Waals surface area contributed by atoms with E-state index < -0.39 is 0 Å². The molecule has 0 rings (SSSR count). The zero-order chi connectivity index (χ0) is 8.69. The molecule has 0 heterocycles. The summed E-state index contributed by atoms with van der Waals surface area (Å²) in [7, 11) is 0. The van der Waals surface area contributed by atoms with Crippen LogP contribution in [-0.4, -0.2) is 24.4 Å².